The van der Waals surface area contributed by atoms with Crippen LogP contribution in [0.25, 0.3) is 0 Å². The molecule has 0 spiro atoms. The van der Waals surface area contributed by atoms with Crippen LogP contribution in [0.1, 0.15) is 12.8 Å². The number of hydrogen-bond donors (Lipinski definition) is 0. The van der Waals surface area contributed by atoms with E-state index in [1.165, 1.54) is 12.4 Å². The van der Waals surface area contributed by atoms with Crippen LogP contribution in [0.4, 0.5) is 0 Å². The Balaban J connectivity index is 1.93. The summed E-state index contributed by atoms with van der Waals surface area (Å²) in [5.74, 6) is -0.0635. The van der Waals surface area contributed by atoms with E-state index in [1.807, 2.05) is 0 Å². The van der Waals surface area contributed by atoms with Crippen molar-refractivity contribution in [3.8, 4) is 6.01 Å². The summed E-state index contributed by atoms with van der Waals surface area (Å²) in [6, 6.07) is 0.282. The molecule has 1 aliphatic heterocycles. The quantitative estimate of drug-likeness (QED) is 0.796. The van der Waals surface area contributed by atoms with E-state index in [1.54, 1.807) is 4.90 Å². The lowest BCUT2D eigenvalue weighted by Crippen LogP contribution is -2.45. The number of amides is 1. The van der Waals surface area contributed by atoms with E-state index in [9.17, 15) is 4.79 Å². The molecule has 1 aliphatic rings. The molecule has 0 N–H and O–H groups in total. The van der Waals surface area contributed by atoms with Gasteiger partial charge in [-0.15, -0.1) is 11.6 Å². The number of carbonyl (C=O) groups is 1. The first-order valence-electron chi connectivity index (χ1n) is 5.67. The molecule has 0 aliphatic carbocycles. The van der Waals surface area contributed by atoms with Crippen molar-refractivity contribution in [2.24, 2.45) is 0 Å². The van der Waals surface area contributed by atoms with Gasteiger partial charge in [0.15, 0.2) is 0 Å². The number of ether oxygens (including phenoxy) is 1. The molecule has 0 radical (unpaired) electrons. The number of rotatable bonds is 3. The van der Waals surface area contributed by atoms with Crippen LogP contribution in [0, 0.1) is 0 Å². The molecule has 1 fully saturated rings. The maximum absolute atomic E-state index is 11.5. The van der Waals surface area contributed by atoms with Crippen LogP contribution in [0.15, 0.2) is 12.4 Å². The predicted octanol–water partition coefficient (Wildman–Crippen LogP) is 1.74. The Morgan fingerprint density at radius 1 is 1.50 bits per heavy atom. The SMILES string of the molecule is O=C(CCl)N1CCCC(Oc2ncc(Cl)cn2)C1. The summed E-state index contributed by atoms with van der Waals surface area (Å²) >= 11 is 11.2. The molecule has 1 unspecified atom stereocenters. The van der Waals surface area contributed by atoms with Gasteiger partial charge in [-0.05, 0) is 12.8 Å². The van der Waals surface area contributed by atoms with Gasteiger partial charge in [0.05, 0.1) is 24.0 Å². The molecule has 2 rings (SSSR count). The van der Waals surface area contributed by atoms with E-state index in [2.05, 4.69) is 9.97 Å². The standard InChI is InChI=1S/C11H13Cl2N3O2/c12-4-10(17)16-3-1-2-9(7-16)18-11-14-5-8(13)6-15-11/h5-6,9H,1-4,7H2. The van der Waals surface area contributed by atoms with Gasteiger partial charge in [0.1, 0.15) is 12.0 Å². The highest BCUT2D eigenvalue weighted by Crippen LogP contribution is 2.16. The molecule has 1 amide bonds. The smallest absolute Gasteiger partial charge is 0.316 e. The minimum Gasteiger partial charge on any atom is -0.458 e. The number of piperidine rings is 1. The van der Waals surface area contributed by atoms with Crippen molar-refractivity contribution in [1.82, 2.24) is 14.9 Å². The number of likely N-dealkylation sites (tertiary alicyclic amines) is 1. The Bertz CT molecular complexity index is 413. The fraction of sp³-hybridized carbons (Fsp3) is 0.545. The van der Waals surface area contributed by atoms with Crippen LogP contribution in [0.2, 0.25) is 5.02 Å². The molecular weight excluding hydrogens is 277 g/mol. The normalized spacial score (nSPS) is 19.7. The predicted molar refractivity (Wildman–Crippen MR) is 68.0 cm³/mol. The summed E-state index contributed by atoms with van der Waals surface area (Å²) in [6.07, 6.45) is 4.63. The molecule has 0 saturated carbocycles. The third-order valence-corrected chi connectivity index (χ3v) is 3.14. The van der Waals surface area contributed by atoms with Gasteiger partial charge in [0, 0.05) is 6.54 Å². The molecule has 98 valence electrons. The third kappa shape index (κ3) is 3.46. The molecule has 1 aromatic rings. The lowest BCUT2D eigenvalue weighted by atomic mass is 10.1. The van der Waals surface area contributed by atoms with Gasteiger partial charge < -0.3 is 9.64 Å². The molecular formula is C11H13Cl2N3O2. The van der Waals surface area contributed by atoms with Crippen LogP contribution in [-0.2, 0) is 4.79 Å². The number of nitrogens with zero attached hydrogens (tertiary/aromatic N) is 3. The molecule has 2 heterocycles. The third-order valence-electron chi connectivity index (χ3n) is 2.71. The molecule has 7 heteroatoms. The first-order valence-corrected chi connectivity index (χ1v) is 6.58. The first-order chi connectivity index (χ1) is 8.69. The zero-order valence-corrected chi connectivity index (χ0v) is 11.2. The molecule has 1 aromatic heterocycles. The number of carbonyl (C=O) groups excluding carboxylic acids is 1. The fourth-order valence-electron chi connectivity index (χ4n) is 1.86. The zero-order valence-electron chi connectivity index (χ0n) is 9.68. The van der Waals surface area contributed by atoms with Gasteiger partial charge in [-0.1, -0.05) is 11.6 Å². The van der Waals surface area contributed by atoms with Gasteiger partial charge >= 0.3 is 6.01 Å². The summed E-state index contributed by atoms with van der Waals surface area (Å²) in [5, 5.41) is 0.463. The van der Waals surface area contributed by atoms with Crippen LogP contribution in [0.3, 0.4) is 0 Å². The van der Waals surface area contributed by atoms with Crippen molar-refractivity contribution in [2.75, 3.05) is 19.0 Å². The summed E-state index contributed by atoms with van der Waals surface area (Å²) in [6.45, 7) is 1.25. The maximum atomic E-state index is 11.5. The number of aromatic nitrogens is 2. The van der Waals surface area contributed by atoms with E-state index >= 15 is 0 Å². The van der Waals surface area contributed by atoms with Crippen molar-refractivity contribution in [1.29, 1.82) is 0 Å². The van der Waals surface area contributed by atoms with Crippen molar-refractivity contribution in [2.45, 2.75) is 18.9 Å². The summed E-state index contributed by atoms with van der Waals surface area (Å²) in [4.78, 5) is 21.1. The van der Waals surface area contributed by atoms with Crippen LogP contribution in [0.5, 0.6) is 6.01 Å². The molecule has 0 aromatic carbocycles. The second-order valence-corrected chi connectivity index (χ2v) is 4.74. The second-order valence-electron chi connectivity index (χ2n) is 4.04. The van der Waals surface area contributed by atoms with Gasteiger partial charge in [0.25, 0.3) is 0 Å². The highest BCUT2D eigenvalue weighted by Gasteiger charge is 2.24. The van der Waals surface area contributed by atoms with Crippen LogP contribution >= 0.6 is 23.2 Å². The Morgan fingerprint density at radius 2 is 2.22 bits per heavy atom. The van der Waals surface area contributed by atoms with E-state index in [4.69, 9.17) is 27.9 Å². The van der Waals surface area contributed by atoms with Crippen molar-refractivity contribution < 1.29 is 9.53 Å². The number of hydrogen-bond acceptors (Lipinski definition) is 4. The highest BCUT2D eigenvalue weighted by molar-refractivity contribution is 6.30. The summed E-state index contributed by atoms with van der Waals surface area (Å²) in [7, 11) is 0. The average molecular weight is 290 g/mol. The fourth-order valence-corrected chi connectivity index (χ4v) is 2.12. The van der Waals surface area contributed by atoms with Crippen molar-refractivity contribution >= 4 is 29.1 Å². The van der Waals surface area contributed by atoms with Gasteiger partial charge in [-0.3, -0.25) is 4.79 Å². The topological polar surface area (TPSA) is 55.3 Å². The second kappa shape index (κ2) is 6.20. The minimum atomic E-state index is -0.0907. The van der Waals surface area contributed by atoms with Crippen LogP contribution in [-0.4, -0.2) is 45.8 Å². The Labute approximate surface area is 115 Å². The molecule has 18 heavy (non-hydrogen) atoms. The number of alkyl halides is 1. The van der Waals surface area contributed by atoms with E-state index in [-0.39, 0.29) is 23.9 Å². The highest BCUT2D eigenvalue weighted by atomic mass is 35.5. The Morgan fingerprint density at radius 3 is 2.89 bits per heavy atom. The summed E-state index contributed by atoms with van der Waals surface area (Å²) < 4.78 is 5.62. The molecule has 0 bridgehead atoms. The van der Waals surface area contributed by atoms with Crippen LogP contribution < -0.4 is 4.74 Å². The van der Waals surface area contributed by atoms with Crippen molar-refractivity contribution in [3.05, 3.63) is 17.4 Å². The van der Waals surface area contributed by atoms with E-state index in [0.29, 0.717) is 11.6 Å². The molecule has 1 saturated heterocycles. The van der Waals surface area contributed by atoms with E-state index in [0.717, 1.165) is 19.4 Å². The first kappa shape index (κ1) is 13.4. The van der Waals surface area contributed by atoms with Gasteiger partial charge in [0.2, 0.25) is 5.91 Å². The minimum absolute atomic E-state index is 0.00413. The average Bonchev–Trinajstić information content (AvgIpc) is 2.41. The van der Waals surface area contributed by atoms with Gasteiger partial charge in [-0.2, -0.15) is 0 Å². The largest absolute Gasteiger partial charge is 0.458 e. The molecule has 5 nitrogen and oxygen atoms in total. The lowest BCUT2D eigenvalue weighted by Gasteiger charge is -2.31. The Hall–Kier alpha value is -1.07. The summed E-state index contributed by atoms with van der Waals surface area (Å²) in [5.41, 5.74) is 0. The van der Waals surface area contributed by atoms with E-state index < -0.39 is 0 Å². The lowest BCUT2D eigenvalue weighted by molar-refractivity contribution is -0.131. The zero-order chi connectivity index (χ0) is 13.0. The number of halogens is 2. The monoisotopic (exact) mass is 289 g/mol. The van der Waals surface area contributed by atoms with Crippen molar-refractivity contribution in [3.63, 3.8) is 0 Å². The molecule has 1 atom stereocenters. The maximum Gasteiger partial charge on any atom is 0.316 e. The Kier molecular flexibility index (Phi) is 4.60. The van der Waals surface area contributed by atoms with Gasteiger partial charge in [-0.25, -0.2) is 9.97 Å².